The molecular weight excluding hydrogens is 271 g/mol. The van der Waals surface area contributed by atoms with E-state index in [1.54, 1.807) is 0 Å². The Morgan fingerprint density at radius 1 is 1.05 bits per heavy atom. The van der Waals surface area contributed by atoms with E-state index in [0.29, 0.717) is 0 Å². The Balaban J connectivity index is 2.50. The van der Waals surface area contributed by atoms with Crippen LogP contribution in [0, 0.1) is 17.5 Å². The van der Waals surface area contributed by atoms with E-state index in [2.05, 4.69) is 4.74 Å². The maximum Gasteiger partial charge on any atom is 0.199 e. The first kappa shape index (κ1) is 13.9. The molecule has 0 atom stereocenters. The Hall–Kier alpha value is -2.50. The number of ketones is 1. The lowest BCUT2D eigenvalue weighted by molar-refractivity contribution is 0.103. The summed E-state index contributed by atoms with van der Waals surface area (Å²) in [6.07, 6.45) is 0. The number of carbonyl (C=O) groups excluding carboxylic acids is 1. The van der Waals surface area contributed by atoms with Gasteiger partial charge in [-0.15, -0.1) is 0 Å². The Morgan fingerprint density at radius 3 is 2.15 bits per heavy atom. The molecule has 0 bridgehead atoms. The quantitative estimate of drug-likeness (QED) is 0.695. The fourth-order valence-corrected chi connectivity index (χ4v) is 1.70. The van der Waals surface area contributed by atoms with Crippen LogP contribution in [0.25, 0.3) is 0 Å². The molecule has 0 saturated carbocycles. The smallest absolute Gasteiger partial charge is 0.199 e. The molecule has 0 aliphatic rings. The van der Waals surface area contributed by atoms with Gasteiger partial charge in [0.05, 0.1) is 18.4 Å². The van der Waals surface area contributed by atoms with Gasteiger partial charge in [0.25, 0.3) is 0 Å². The number of methoxy groups -OCH3 is 1. The number of hydrogen-bond donors (Lipinski definition) is 1. The number of hydrogen-bond acceptors (Lipinski definition) is 3. The Morgan fingerprint density at radius 2 is 1.65 bits per heavy atom. The van der Waals surface area contributed by atoms with Gasteiger partial charge in [0, 0.05) is 17.7 Å². The van der Waals surface area contributed by atoms with Crippen LogP contribution >= 0.6 is 0 Å². The van der Waals surface area contributed by atoms with Crippen molar-refractivity contribution < 1.29 is 22.7 Å². The van der Waals surface area contributed by atoms with Gasteiger partial charge >= 0.3 is 0 Å². The van der Waals surface area contributed by atoms with Crippen LogP contribution < -0.4 is 10.5 Å². The molecule has 2 N–H and O–H groups in total. The lowest BCUT2D eigenvalue weighted by atomic mass is 10.0. The molecule has 6 heteroatoms. The molecule has 2 aromatic rings. The highest BCUT2D eigenvalue weighted by Gasteiger charge is 2.21. The Kier molecular flexibility index (Phi) is 3.65. The summed E-state index contributed by atoms with van der Waals surface area (Å²) in [4.78, 5) is 12.0. The molecule has 0 unspecified atom stereocenters. The molecule has 0 amide bonds. The van der Waals surface area contributed by atoms with Gasteiger partial charge in [0.2, 0.25) is 0 Å². The Labute approximate surface area is 112 Å². The van der Waals surface area contributed by atoms with Crippen LogP contribution in [-0.4, -0.2) is 12.9 Å². The van der Waals surface area contributed by atoms with Gasteiger partial charge in [-0.05, 0) is 18.2 Å². The number of nitrogens with two attached hydrogens (primary N) is 1. The second-order valence-electron chi connectivity index (χ2n) is 4.03. The summed E-state index contributed by atoms with van der Waals surface area (Å²) in [5, 5.41) is 0. The highest BCUT2D eigenvalue weighted by Crippen LogP contribution is 2.24. The molecule has 0 heterocycles. The first-order valence-electron chi connectivity index (χ1n) is 5.56. The van der Waals surface area contributed by atoms with Crippen LogP contribution in [0.4, 0.5) is 18.9 Å². The molecule has 0 spiro atoms. The van der Waals surface area contributed by atoms with Gasteiger partial charge in [-0.3, -0.25) is 4.79 Å². The summed E-state index contributed by atoms with van der Waals surface area (Å²) >= 11 is 0. The summed E-state index contributed by atoms with van der Waals surface area (Å²) in [5.41, 5.74) is 4.16. The van der Waals surface area contributed by atoms with Crippen molar-refractivity contribution in [2.75, 3.05) is 12.8 Å². The fourth-order valence-electron chi connectivity index (χ4n) is 1.70. The van der Waals surface area contributed by atoms with E-state index in [-0.39, 0.29) is 17.0 Å². The minimum Gasteiger partial charge on any atom is -0.497 e. The van der Waals surface area contributed by atoms with Gasteiger partial charge in [0.1, 0.15) is 23.2 Å². The van der Waals surface area contributed by atoms with Crippen molar-refractivity contribution in [2.24, 2.45) is 0 Å². The van der Waals surface area contributed by atoms with Crippen LogP contribution in [0.1, 0.15) is 15.9 Å². The minimum atomic E-state index is -1.08. The van der Waals surface area contributed by atoms with Gasteiger partial charge in [-0.25, -0.2) is 13.2 Å². The Bertz CT molecular complexity index is 663. The van der Waals surface area contributed by atoms with Crippen LogP contribution in [-0.2, 0) is 0 Å². The number of rotatable bonds is 3. The molecule has 20 heavy (non-hydrogen) atoms. The SMILES string of the molecule is COc1cc(F)c(C(=O)c2ccc(N)c(F)c2)c(F)c1. The van der Waals surface area contributed by atoms with E-state index in [9.17, 15) is 18.0 Å². The van der Waals surface area contributed by atoms with Crippen LogP contribution in [0.15, 0.2) is 30.3 Å². The van der Waals surface area contributed by atoms with Crippen molar-refractivity contribution in [2.45, 2.75) is 0 Å². The maximum absolute atomic E-state index is 13.8. The highest BCUT2D eigenvalue weighted by molar-refractivity contribution is 6.09. The van der Waals surface area contributed by atoms with E-state index in [0.717, 1.165) is 24.3 Å². The zero-order valence-electron chi connectivity index (χ0n) is 10.4. The molecule has 0 saturated heterocycles. The number of benzene rings is 2. The number of nitrogen functional groups attached to an aromatic ring is 1. The van der Waals surface area contributed by atoms with Crippen molar-refractivity contribution in [1.29, 1.82) is 0 Å². The van der Waals surface area contributed by atoms with E-state index < -0.39 is 28.8 Å². The van der Waals surface area contributed by atoms with Crippen LogP contribution in [0.3, 0.4) is 0 Å². The molecule has 2 rings (SSSR count). The molecule has 0 aliphatic heterocycles. The first-order chi connectivity index (χ1) is 9.43. The average Bonchev–Trinajstić information content (AvgIpc) is 2.40. The number of anilines is 1. The average molecular weight is 281 g/mol. The lowest BCUT2D eigenvalue weighted by Gasteiger charge is -2.07. The summed E-state index contributed by atoms with van der Waals surface area (Å²) < 4.78 is 45.5. The third kappa shape index (κ3) is 2.45. The largest absolute Gasteiger partial charge is 0.497 e. The summed E-state index contributed by atoms with van der Waals surface area (Å²) in [6, 6.07) is 4.94. The highest BCUT2D eigenvalue weighted by atomic mass is 19.1. The van der Waals surface area contributed by atoms with Crippen molar-refractivity contribution in [3.63, 3.8) is 0 Å². The van der Waals surface area contributed by atoms with E-state index >= 15 is 0 Å². The second kappa shape index (κ2) is 5.24. The van der Waals surface area contributed by atoms with E-state index in [1.807, 2.05) is 0 Å². The predicted molar refractivity (Wildman–Crippen MR) is 67.2 cm³/mol. The molecule has 0 aromatic heterocycles. The lowest BCUT2D eigenvalue weighted by Crippen LogP contribution is -2.09. The van der Waals surface area contributed by atoms with E-state index in [1.165, 1.54) is 13.2 Å². The molecule has 2 aromatic carbocycles. The standard InChI is InChI=1S/C14H10F3NO2/c1-20-8-5-10(16)13(11(17)6-8)14(19)7-2-3-12(18)9(15)4-7/h2-6H,18H2,1H3. The van der Waals surface area contributed by atoms with Gasteiger partial charge in [-0.2, -0.15) is 0 Å². The summed E-state index contributed by atoms with van der Waals surface area (Å²) in [7, 11) is 1.24. The third-order valence-corrected chi connectivity index (χ3v) is 2.74. The second-order valence-corrected chi connectivity index (χ2v) is 4.03. The molecule has 0 aliphatic carbocycles. The van der Waals surface area contributed by atoms with Crippen molar-refractivity contribution >= 4 is 11.5 Å². The maximum atomic E-state index is 13.8. The summed E-state index contributed by atoms with van der Waals surface area (Å²) in [6.45, 7) is 0. The number of halogens is 3. The molecular formula is C14H10F3NO2. The third-order valence-electron chi connectivity index (χ3n) is 2.74. The van der Waals surface area contributed by atoms with Crippen LogP contribution in [0.5, 0.6) is 5.75 Å². The topological polar surface area (TPSA) is 52.3 Å². The van der Waals surface area contributed by atoms with Crippen molar-refractivity contribution in [3.05, 3.63) is 58.9 Å². The zero-order valence-corrected chi connectivity index (χ0v) is 10.4. The summed E-state index contributed by atoms with van der Waals surface area (Å²) in [5.74, 6) is -4.01. The minimum absolute atomic E-state index is 0.0555. The molecule has 3 nitrogen and oxygen atoms in total. The molecule has 104 valence electrons. The number of ether oxygens (including phenoxy) is 1. The molecule has 0 radical (unpaired) electrons. The monoisotopic (exact) mass is 281 g/mol. The molecule has 0 fully saturated rings. The fraction of sp³-hybridized carbons (Fsp3) is 0.0714. The van der Waals surface area contributed by atoms with Crippen LogP contribution in [0.2, 0.25) is 0 Å². The van der Waals surface area contributed by atoms with Gasteiger partial charge in [0.15, 0.2) is 5.78 Å². The van der Waals surface area contributed by atoms with Gasteiger partial charge in [-0.1, -0.05) is 0 Å². The first-order valence-corrected chi connectivity index (χ1v) is 5.56. The predicted octanol–water partition coefficient (Wildman–Crippen LogP) is 2.93. The van der Waals surface area contributed by atoms with Crippen molar-refractivity contribution in [1.82, 2.24) is 0 Å². The number of carbonyl (C=O) groups is 1. The van der Waals surface area contributed by atoms with Gasteiger partial charge < -0.3 is 10.5 Å². The van der Waals surface area contributed by atoms with E-state index in [4.69, 9.17) is 5.73 Å². The zero-order chi connectivity index (χ0) is 14.9. The normalized spacial score (nSPS) is 10.4. The van der Waals surface area contributed by atoms with Crippen molar-refractivity contribution in [3.8, 4) is 5.75 Å².